The van der Waals surface area contributed by atoms with Gasteiger partial charge in [-0.05, 0) is 11.8 Å². The molecule has 0 saturated heterocycles. The minimum atomic E-state index is -0.120. The van der Waals surface area contributed by atoms with Crippen molar-refractivity contribution in [2.75, 3.05) is 19.7 Å². The van der Waals surface area contributed by atoms with Crippen molar-refractivity contribution in [3.8, 4) is 0 Å². The minimum Gasteiger partial charge on any atom is -0.396 e. The van der Waals surface area contributed by atoms with Crippen LogP contribution < -0.4 is 0 Å². The van der Waals surface area contributed by atoms with E-state index in [1.807, 2.05) is 0 Å². The Balaban J connectivity index is 2.71. The zero-order chi connectivity index (χ0) is 15.4. The first kappa shape index (κ1) is 17.1. The smallest absolute Gasteiger partial charge is 0.232 e. The number of aliphatic hydroxyl groups is 1. The van der Waals surface area contributed by atoms with Crippen LogP contribution in [-0.4, -0.2) is 39.8 Å². The first-order valence-corrected chi connectivity index (χ1v) is 7.28. The van der Waals surface area contributed by atoms with Crippen LogP contribution in [0.4, 0.5) is 0 Å². The number of hydrogen-bond acceptors (Lipinski definition) is 5. The lowest BCUT2D eigenvalue weighted by Crippen LogP contribution is -2.33. The van der Waals surface area contributed by atoms with Gasteiger partial charge in [-0.3, -0.25) is 4.90 Å². The Morgan fingerprint density at radius 1 is 1.15 bits per heavy atom. The lowest BCUT2D eigenvalue weighted by molar-refractivity contribution is 0.161. The summed E-state index contributed by atoms with van der Waals surface area (Å²) in [6.45, 7) is 15.4. The van der Waals surface area contributed by atoms with Gasteiger partial charge in [-0.1, -0.05) is 46.7 Å². The van der Waals surface area contributed by atoms with E-state index in [2.05, 4.69) is 56.6 Å². The van der Waals surface area contributed by atoms with Crippen LogP contribution in [0.3, 0.4) is 0 Å². The summed E-state index contributed by atoms with van der Waals surface area (Å²) < 4.78 is 5.33. The van der Waals surface area contributed by atoms with Crippen LogP contribution in [0.1, 0.15) is 59.7 Å². The fourth-order valence-electron chi connectivity index (χ4n) is 2.00. The van der Waals surface area contributed by atoms with E-state index >= 15 is 0 Å². The van der Waals surface area contributed by atoms with E-state index in [4.69, 9.17) is 9.63 Å². The summed E-state index contributed by atoms with van der Waals surface area (Å²) in [5.41, 5.74) is 0.0806. The van der Waals surface area contributed by atoms with Crippen LogP contribution in [0.5, 0.6) is 0 Å². The molecule has 0 aliphatic rings. The molecule has 0 radical (unpaired) electrons. The highest BCUT2D eigenvalue weighted by molar-refractivity contribution is 4.98. The van der Waals surface area contributed by atoms with Crippen molar-refractivity contribution < 1.29 is 9.63 Å². The summed E-state index contributed by atoms with van der Waals surface area (Å²) in [5, 5.41) is 13.1. The molecule has 0 spiro atoms. The Labute approximate surface area is 122 Å². The van der Waals surface area contributed by atoms with Gasteiger partial charge in [0.1, 0.15) is 0 Å². The van der Waals surface area contributed by atoms with Gasteiger partial charge in [0.25, 0.3) is 0 Å². The van der Waals surface area contributed by atoms with Gasteiger partial charge in [0, 0.05) is 25.1 Å². The summed E-state index contributed by atoms with van der Waals surface area (Å²) in [7, 11) is 0. The van der Waals surface area contributed by atoms with E-state index in [-0.39, 0.29) is 17.4 Å². The highest BCUT2D eigenvalue weighted by Gasteiger charge is 2.23. The highest BCUT2D eigenvalue weighted by Crippen LogP contribution is 2.21. The number of aliphatic hydroxyl groups excluding tert-OH is 1. The maximum Gasteiger partial charge on any atom is 0.232 e. The van der Waals surface area contributed by atoms with Crippen molar-refractivity contribution >= 4 is 0 Å². The van der Waals surface area contributed by atoms with Crippen LogP contribution in [0.15, 0.2) is 4.52 Å². The average molecular weight is 283 g/mol. The second kappa shape index (κ2) is 6.68. The van der Waals surface area contributed by atoms with Gasteiger partial charge >= 0.3 is 0 Å². The van der Waals surface area contributed by atoms with Crippen molar-refractivity contribution in [1.29, 1.82) is 0 Å². The Kier molecular flexibility index (Phi) is 5.71. The topological polar surface area (TPSA) is 62.4 Å². The maximum atomic E-state index is 9.01. The number of aromatic nitrogens is 2. The van der Waals surface area contributed by atoms with E-state index in [0.29, 0.717) is 12.4 Å². The quantitative estimate of drug-likeness (QED) is 0.869. The molecule has 0 atom stereocenters. The largest absolute Gasteiger partial charge is 0.396 e. The zero-order valence-electron chi connectivity index (χ0n) is 13.7. The maximum absolute atomic E-state index is 9.01. The number of rotatable bonds is 6. The van der Waals surface area contributed by atoms with Crippen molar-refractivity contribution in [3.63, 3.8) is 0 Å². The molecular formula is C15H29N3O2. The summed E-state index contributed by atoms with van der Waals surface area (Å²) >= 11 is 0. The molecule has 1 aromatic rings. The molecule has 0 amide bonds. The molecule has 1 heterocycles. The molecule has 1 N–H and O–H groups in total. The Morgan fingerprint density at radius 2 is 1.80 bits per heavy atom. The Morgan fingerprint density at radius 3 is 2.25 bits per heavy atom. The number of nitrogens with zero attached hydrogens (tertiary/aromatic N) is 3. The van der Waals surface area contributed by atoms with E-state index < -0.39 is 0 Å². The predicted molar refractivity (Wildman–Crippen MR) is 79.4 cm³/mol. The van der Waals surface area contributed by atoms with Gasteiger partial charge in [-0.15, -0.1) is 0 Å². The zero-order valence-corrected chi connectivity index (χ0v) is 13.7. The van der Waals surface area contributed by atoms with Crippen LogP contribution in [0, 0.1) is 5.41 Å². The minimum absolute atomic E-state index is 0.120. The SMILES string of the molecule is CC(C)(C)CN(CCCO)Cc1noc(C(C)(C)C)n1. The van der Waals surface area contributed by atoms with Crippen LogP contribution in [0.2, 0.25) is 0 Å². The molecule has 0 bridgehead atoms. The fraction of sp³-hybridized carbons (Fsp3) is 0.867. The van der Waals surface area contributed by atoms with E-state index in [1.54, 1.807) is 0 Å². The molecule has 116 valence electrons. The highest BCUT2D eigenvalue weighted by atomic mass is 16.5. The first-order valence-electron chi connectivity index (χ1n) is 7.28. The van der Waals surface area contributed by atoms with Gasteiger partial charge in [0.05, 0.1) is 6.54 Å². The Hall–Kier alpha value is -0.940. The third-order valence-corrected chi connectivity index (χ3v) is 2.81. The van der Waals surface area contributed by atoms with Crippen molar-refractivity contribution in [3.05, 3.63) is 11.7 Å². The van der Waals surface area contributed by atoms with Gasteiger partial charge in [0.15, 0.2) is 5.82 Å². The molecule has 0 saturated carbocycles. The normalized spacial score (nSPS) is 13.2. The lowest BCUT2D eigenvalue weighted by Gasteiger charge is -2.28. The predicted octanol–water partition coefficient (Wildman–Crippen LogP) is 2.60. The molecule has 1 rings (SSSR count). The van der Waals surface area contributed by atoms with Crippen LogP contribution in [0.25, 0.3) is 0 Å². The van der Waals surface area contributed by atoms with Crippen molar-refractivity contribution in [2.45, 2.75) is 59.9 Å². The monoisotopic (exact) mass is 283 g/mol. The third-order valence-electron chi connectivity index (χ3n) is 2.81. The van der Waals surface area contributed by atoms with E-state index in [9.17, 15) is 0 Å². The van der Waals surface area contributed by atoms with Crippen LogP contribution >= 0.6 is 0 Å². The first-order chi connectivity index (χ1) is 9.12. The second-order valence-corrected chi connectivity index (χ2v) is 7.61. The van der Waals surface area contributed by atoms with Gasteiger partial charge < -0.3 is 9.63 Å². The molecule has 0 unspecified atom stereocenters. The van der Waals surface area contributed by atoms with Crippen LogP contribution in [-0.2, 0) is 12.0 Å². The standard InChI is InChI=1S/C15H29N3O2/c1-14(2,3)11-18(8-7-9-19)10-12-16-13(20-17-12)15(4,5)6/h19H,7-11H2,1-6H3. The third kappa shape index (κ3) is 6.01. The van der Waals surface area contributed by atoms with Gasteiger partial charge in [-0.25, -0.2) is 0 Å². The summed E-state index contributed by atoms with van der Waals surface area (Å²) in [5.74, 6) is 1.39. The molecule has 0 aliphatic carbocycles. The summed E-state index contributed by atoms with van der Waals surface area (Å²) in [6.07, 6.45) is 0.764. The molecule has 0 fully saturated rings. The second-order valence-electron chi connectivity index (χ2n) is 7.61. The molecule has 5 nitrogen and oxygen atoms in total. The van der Waals surface area contributed by atoms with Gasteiger partial charge in [-0.2, -0.15) is 4.98 Å². The molecule has 20 heavy (non-hydrogen) atoms. The molecule has 0 aromatic carbocycles. The van der Waals surface area contributed by atoms with E-state index in [1.165, 1.54) is 0 Å². The summed E-state index contributed by atoms with van der Waals surface area (Å²) in [6, 6.07) is 0. The van der Waals surface area contributed by atoms with Crippen molar-refractivity contribution in [2.24, 2.45) is 5.41 Å². The fourth-order valence-corrected chi connectivity index (χ4v) is 2.00. The van der Waals surface area contributed by atoms with Crippen molar-refractivity contribution in [1.82, 2.24) is 15.0 Å². The lowest BCUT2D eigenvalue weighted by atomic mass is 9.96. The molecular weight excluding hydrogens is 254 g/mol. The Bertz CT molecular complexity index is 402. The molecule has 0 aliphatic heterocycles. The summed E-state index contributed by atoms with van der Waals surface area (Å²) in [4.78, 5) is 6.75. The van der Waals surface area contributed by atoms with E-state index in [0.717, 1.165) is 25.3 Å². The van der Waals surface area contributed by atoms with Gasteiger partial charge in [0.2, 0.25) is 5.89 Å². The molecule has 5 heteroatoms. The molecule has 1 aromatic heterocycles. The average Bonchev–Trinajstić information content (AvgIpc) is 2.72. The number of hydrogen-bond donors (Lipinski definition) is 1.